The van der Waals surface area contributed by atoms with E-state index in [-0.39, 0.29) is 5.95 Å². The molecule has 1 fully saturated rings. The zero-order valence-corrected chi connectivity index (χ0v) is 20.1. The first kappa shape index (κ1) is 23.0. The summed E-state index contributed by atoms with van der Waals surface area (Å²) < 4.78 is 41.9. The molecule has 33 heavy (non-hydrogen) atoms. The average molecular weight is 472 g/mol. The van der Waals surface area contributed by atoms with Crippen molar-refractivity contribution in [2.45, 2.75) is 44.8 Å². The van der Waals surface area contributed by atoms with E-state index in [2.05, 4.69) is 19.9 Å². The Morgan fingerprint density at radius 2 is 1.85 bits per heavy atom. The SMILES string of the molecule is COc1cccc(OC)c1-n1c(NS(=O)(=O)[C@H](C)CC2CCC2)nnc1-c1cncc(C)c1. The number of ether oxygens (including phenoxy) is 2. The average Bonchev–Trinajstić information content (AvgIpc) is 3.17. The molecule has 4 rings (SSSR count). The highest BCUT2D eigenvalue weighted by molar-refractivity contribution is 7.93. The summed E-state index contributed by atoms with van der Waals surface area (Å²) >= 11 is 0. The second-order valence-corrected chi connectivity index (χ2v) is 10.5. The number of hydrogen-bond donors (Lipinski definition) is 1. The molecule has 9 nitrogen and oxygen atoms in total. The number of rotatable bonds is 9. The molecule has 2 aromatic heterocycles. The van der Waals surface area contributed by atoms with Gasteiger partial charge in [0.15, 0.2) is 5.82 Å². The van der Waals surface area contributed by atoms with Crippen LogP contribution < -0.4 is 14.2 Å². The van der Waals surface area contributed by atoms with Crippen molar-refractivity contribution in [2.24, 2.45) is 5.92 Å². The molecule has 0 amide bonds. The molecule has 176 valence electrons. The summed E-state index contributed by atoms with van der Waals surface area (Å²) in [5.74, 6) is 1.91. The lowest BCUT2D eigenvalue weighted by Gasteiger charge is -2.28. The summed E-state index contributed by atoms with van der Waals surface area (Å²) in [7, 11) is -0.616. The Morgan fingerprint density at radius 3 is 2.42 bits per heavy atom. The molecule has 1 aliphatic rings. The van der Waals surface area contributed by atoms with Crippen LogP contribution in [-0.4, -0.2) is 47.6 Å². The number of para-hydroxylation sites is 1. The maximum Gasteiger partial charge on any atom is 0.243 e. The molecule has 0 spiro atoms. The van der Waals surface area contributed by atoms with Gasteiger partial charge in [0.05, 0.1) is 19.5 Å². The first-order chi connectivity index (χ1) is 15.8. The Morgan fingerprint density at radius 1 is 1.15 bits per heavy atom. The van der Waals surface area contributed by atoms with E-state index >= 15 is 0 Å². The van der Waals surface area contributed by atoms with E-state index in [1.54, 1.807) is 56.3 Å². The lowest BCUT2D eigenvalue weighted by atomic mass is 9.82. The second-order valence-electron chi connectivity index (χ2n) is 8.44. The molecule has 1 aliphatic carbocycles. The van der Waals surface area contributed by atoms with Gasteiger partial charge in [0.25, 0.3) is 0 Å². The van der Waals surface area contributed by atoms with E-state index in [0.717, 1.165) is 18.4 Å². The van der Waals surface area contributed by atoms with E-state index < -0.39 is 15.3 Å². The fraction of sp³-hybridized carbons (Fsp3) is 0.435. The van der Waals surface area contributed by atoms with Crippen LogP contribution in [0.1, 0.15) is 38.2 Å². The van der Waals surface area contributed by atoms with Crippen LogP contribution in [0.4, 0.5) is 5.95 Å². The van der Waals surface area contributed by atoms with E-state index in [1.165, 1.54) is 6.42 Å². The van der Waals surface area contributed by atoms with Gasteiger partial charge in [0, 0.05) is 18.0 Å². The zero-order chi connectivity index (χ0) is 23.6. The molecule has 2 heterocycles. The first-order valence-corrected chi connectivity index (χ1v) is 12.5. The van der Waals surface area contributed by atoms with Crippen LogP contribution in [0.15, 0.2) is 36.7 Å². The van der Waals surface area contributed by atoms with E-state index in [9.17, 15) is 8.42 Å². The summed E-state index contributed by atoms with van der Waals surface area (Å²) in [6.45, 7) is 3.66. The molecule has 0 saturated heterocycles. The highest BCUT2D eigenvalue weighted by atomic mass is 32.2. The molecular weight excluding hydrogens is 442 g/mol. The van der Waals surface area contributed by atoms with Crippen molar-refractivity contribution in [3.8, 4) is 28.6 Å². The minimum atomic E-state index is -3.70. The molecule has 3 aromatic rings. The van der Waals surface area contributed by atoms with Crippen LogP contribution in [0.25, 0.3) is 17.1 Å². The number of benzene rings is 1. The van der Waals surface area contributed by atoms with Gasteiger partial charge in [-0.3, -0.25) is 14.3 Å². The highest BCUT2D eigenvalue weighted by Gasteiger charge is 2.30. The number of aryl methyl sites for hydroxylation is 1. The Hall–Kier alpha value is -3.14. The maximum absolute atomic E-state index is 13.2. The fourth-order valence-corrected chi connectivity index (χ4v) is 5.14. The van der Waals surface area contributed by atoms with Crippen molar-refractivity contribution < 1.29 is 17.9 Å². The number of aromatic nitrogens is 4. The molecule has 1 saturated carbocycles. The molecule has 1 aromatic carbocycles. The Kier molecular flexibility index (Phi) is 6.55. The molecule has 0 bridgehead atoms. The monoisotopic (exact) mass is 471 g/mol. The van der Waals surface area contributed by atoms with E-state index in [4.69, 9.17) is 9.47 Å². The summed E-state index contributed by atoms with van der Waals surface area (Å²) in [4.78, 5) is 4.26. The van der Waals surface area contributed by atoms with Crippen LogP contribution in [0.5, 0.6) is 11.5 Å². The Bertz CT molecular complexity index is 1220. The minimum Gasteiger partial charge on any atom is -0.494 e. The molecular formula is C23H29N5O4S. The van der Waals surface area contributed by atoms with Crippen LogP contribution in [0.3, 0.4) is 0 Å². The van der Waals surface area contributed by atoms with E-state index in [0.29, 0.717) is 40.9 Å². The zero-order valence-electron chi connectivity index (χ0n) is 19.3. The Balaban J connectivity index is 1.84. The predicted octanol–water partition coefficient (Wildman–Crippen LogP) is 3.98. The van der Waals surface area contributed by atoms with Gasteiger partial charge in [0.1, 0.15) is 17.2 Å². The standard InChI is InChI=1S/C23H29N5O4S/c1-15-11-18(14-24-13-15)22-25-26-23(27-33(29,30)16(2)12-17-7-5-8-17)28(22)21-19(31-3)9-6-10-20(21)32-4/h6,9-11,13-14,16-17H,5,7-8,12H2,1-4H3,(H,26,27)/t16-/m1/s1. The van der Waals surface area contributed by atoms with Gasteiger partial charge >= 0.3 is 0 Å². The largest absolute Gasteiger partial charge is 0.494 e. The third-order valence-corrected chi connectivity index (χ3v) is 7.79. The van der Waals surface area contributed by atoms with Gasteiger partial charge in [-0.05, 0) is 49.9 Å². The number of sulfonamides is 1. The third kappa shape index (κ3) is 4.66. The smallest absolute Gasteiger partial charge is 0.243 e. The number of methoxy groups -OCH3 is 2. The van der Waals surface area contributed by atoms with Gasteiger partial charge in [0.2, 0.25) is 16.0 Å². The Labute approximate surface area is 194 Å². The van der Waals surface area contributed by atoms with Crippen LogP contribution in [0, 0.1) is 12.8 Å². The van der Waals surface area contributed by atoms with Gasteiger partial charge in [-0.2, -0.15) is 0 Å². The molecule has 0 radical (unpaired) electrons. The van der Waals surface area contributed by atoms with Crippen molar-refractivity contribution >= 4 is 16.0 Å². The van der Waals surface area contributed by atoms with Gasteiger partial charge in [-0.1, -0.05) is 25.3 Å². The second kappa shape index (κ2) is 9.38. The number of pyridine rings is 1. The number of anilines is 1. The van der Waals surface area contributed by atoms with Crippen molar-refractivity contribution in [3.63, 3.8) is 0 Å². The lowest BCUT2D eigenvalue weighted by molar-refractivity contribution is 0.294. The van der Waals surface area contributed by atoms with E-state index in [1.807, 2.05) is 13.0 Å². The predicted molar refractivity (Wildman–Crippen MR) is 126 cm³/mol. The first-order valence-electron chi connectivity index (χ1n) is 10.9. The molecule has 0 aliphatic heterocycles. The van der Waals surface area contributed by atoms with Crippen molar-refractivity contribution in [1.29, 1.82) is 0 Å². The molecule has 1 N–H and O–H groups in total. The van der Waals surface area contributed by atoms with Crippen molar-refractivity contribution in [3.05, 3.63) is 42.2 Å². The van der Waals surface area contributed by atoms with Crippen LogP contribution in [0.2, 0.25) is 0 Å². The highest BCUT2D eigenvalue weighted by Crippen LogP contribution is 2.38. The normalized spacial score (nSPS) is 15.0. The van der Waals surface area contributed by atoms with Gasteiger partial charge < -0.3 is 9.47 Å². The topological polar surface area (TPSA) is 108 Å². The molecule has 1 atom stereocenters. The maximum atomic E-state index is 13.2. The van der Waals surface area contributed by atoms with Crippen LogP contribution in [-0.2, 0) is 10.0 Å². The molecule has 10 heteroatoms. The third-order valence-electron chi connectivity index (χ3n) is 6.07. The van der Waals surface area contributed by atoms with Gasteiger partial charge in [-0.25, -0.2) is 8.42 Å². The van der Waals surface area contributed by atoms with Crippen molar-refractivity contribution in [1.82, 2.24) is 19.7 Å². The quantitative estimate of drug-likeness (QED) is 0.503. The minimum absolute atomic E-state index is 0.0646. The number of nitrogens with zero attached hydrogens (tertiary/aromatic N) is 4. The number of nitrogens with one attached hydrogen (secondary N) is 1. The molecule has 0 unspecified atom stereocenters. The summed E-state index contributed by atoms with van der Waals surface area (Å²) in [6, 6.07) is 7.25. The summed E-state index contributed by atoms with van der Waals surface area (Å²) in [6.07, 6.45) is 7.35. The summed E-state index contributed by atoms with van der Waals surface area (Å²) in [5.41, 5.74) is 2.11. The fourth-order valence-electron chi connectivity index (χ4n) is 4.03. The van der Waals surface area contributed by atoms with Crippen LogP contribution >= 0.6 is 0 Å². The lowest BCUT2D eigenvalue weighted by Crippen LogP contribution is -2.30. The van der Waals surface area contributed by atoms with Gasteiger partial charge in [-0.15, -0.1) is 10.2 Å². The van der Waals surface area contributed by atoms with Crippen molar-refractivity contribution in [2.75, 3.05) is 18.9 Å². The number of hydrogen-bond acceptors (Lipinski definition) is 7. The summed E-state index contributed by atoms with van der Waals surface area (Å²) in [5, 5.41) is 7.98.